The number of aromatic hydroxyl groups is 1. The van der Waals surface area contributed by atoms with Gasteiger partial charge in [0.15, 0.2) is 17.8 Å². The molecule has 44 heavy (non-hydrogen) atoms. The van der Waals surface area contributed by atoms with E-state index in [1.807, 2.05) is 47.2 Å². The molecule has 0 amide bonds. The molecule has 1 fully saturated rings. The standard InChI is InChI=1S/C35H31N7O2/c36-33-30(7-4-14-37-33)34-39-31-19-27(25-5-2-1-3-6-25)21-38-35(31)42(34)28-11-8-24(9-12-28)22-40-15-17-41(18-16-40)29-13-10-26(23-43)32(44)20-29/h1-14,19-21,23,44H,15-18,22H2,(H2,36,37). The zero-order valence-electron chi connectivity index (χ0n) is 24.0. The number of aldehydes is 1. The van der Waals surface area contributed by atoms with Gasteiger partial charge in [0.2, 0.25) is 0 Å². The van der Waals surface area contributed by atoms with E-state index in [0.717, 1.165) is 72.0 Å². The van der Waals surface area contributed by atoms with E-state index >= 15 is 0 Å². The number of nitrogen functional groups attached to an aromatic ring is 1. The first kappa shape index (κ1) is 27.3. The van der Waals surface area contributed by atoms with Crippen molar-refractivity contribution in [2.24, 2.45) is 0 Å². The Balaban J connectivity index is 1.14. The van der Waals surface area contributed by atoms with E-state index in [1.165, 1.54) is 5.56 Å². The normalized spacial score (nSPS) is 13.8. The first-order valence-corrected chi connectivity index (χ1v) is 14.6. The molecule has 4 heterocycles. The lowest BCUT2D eigenvalue weighted by Crippen LogP contribution is -2.45. The minimum Gasteiger partial charge on any atom is -0.507 e. The van der Waals surface area contributed by atoms with Crippen LogP contribution in [0.15, 0.2) is 103 Å². The fourth-order valence-corrected chi connectivity index (χ4v) is 5.79. The number of benzene rings is 3. The van der Waals surface area contributed by atoms with Crippen LogP contribution in [0.2, 0.25) is 0 Å². The average Bonchev–Trinajstić information content (AvgIpc) is 3.44. The van der Waals surface area contributed by atoms with Gasteiger partial charge in [0.1, 0.15) is 17.1 Å². The molecule has 0 spiro atoms. The fraction of sp³-hybridized carbons (Fsp3) is 0.143. The van der Waals surface area contributed by atoms with Gasteiger partial charge in [-0.3, -0.25) is 14.3 Å². The molecule has 0 unspecified atom stereocenters. The summed E-state index contributed by atoms with van der Waals surface area (Å²) in [6.45, 7) is 4.29. The third-order valence-electron chi connectivity index (χ3n) is 8.16. The van der Waals surface area contributed by atoms with Crippen molar-refractivity contribution in [3.63, 3.8) is 0 Å². The van der Waals surface area contributed by atoms with Crippen LogP contribution in [-0.2, 0) is 6.54 Å². The Morgan fingerprint density at radius 3 is 2.32 bits per heavy atom. The highest BCUT2D eigenvalue weighted by Crippen LogP contribution is 2.32. The first-order valence-electron chi connectivity index (χ1n) is 14.6. The predicted molar refractivity (Wildman–Crippen MR) is 173 cm³/mol. The summed E-state index contributed by atoms with van der Waals surface area (Å²) in [6, 6.07) is 29.8. The molecule has 0 bridgehead atoms. The predicted octanol–water partition coefficient (Wildman–Crippen LogP) is 5.57. The molecule has 3 aromatic carbocycles. The van der Waals surface area contributed by atoms with Crippen molar-refractivity contribution in [2.75, 3.05) is 36.8 Å². The van der Waals surface area contributed by atoms with Gasteiger partial charge in [0, 0.05) is 68.1 Å². The minimum absolute atomic E-state index is 0.0203. The van der Waals surface area contributed by atoms with E-state index in [2.05, 4.69) is 57.2 Å². The summed E-state index contributed by atoms with van der Waals surface area (Å²) in [5.74, 6) is 1.13. The SMILES string of the molecule is Nc1ncccc1-c1nc2cc(-c3ccccc3)cnc2n1-c1ccc(CN2CCN(c3ccc(C=O)c(O)c3)CC2)cc1. The third-order valence-corrected chi connectivity index (χ3v) is 8.16. The number of fused-ring (bicyclic) bond motifs is 1. The molecular weight excluding hydrogens is 550 g/mol. The maximum atomic E-state index is 11.0. The van der Waals surface area contributed by atoms with Crippen molar-refractivity contribution in [2.45, 2.75) is 6.54 Å². The van der Waals surface area contributed by atoms with Crippen LogP contribution in [0.25, 0.3) is 39.4 Å². The smallest absolute Gasteiger partial charge is 0.164 e. The Labute approximate surface area is 254 Å². The number of hydrogen-bond acceptors (Lipinski definition) is 8. The maximum absolute atomic E-state index is 11.0. The highest BCUT2D eigenvalue weighted by atomic mass is 16.3. The number of nitrogens with zero attached hydrogens (tertiary/aromatic N) is 6. The number of carbonyl (C=O) groups is 1. The van der Waals surface area contributed by atoms with Crippen molar-refractivity contribution in [3.05, 3.63) is 115 Å². The van der Waals surface area contributed by atoms with E-state index in [1.54, 1.807) is 18.3 Å². The zero-order chi connectivity index (χ0) is 30.0. The largest absolute Gasteiger partial charge is 0.507 e. The molecule has 0 atom stereocenters. The van der Waals surface area contributed by atoms with E-state index < -0.39 is 0 Å². The molecule has 6 aromatic rings. The van der Waals surface area contributed by atoms with Crippen molar-refractivity contribution in [1.29, 1.82) is 0 Å². The van der Waals surface area contributed by atoms with Gasteiger partial charge in [-0.15, -0.1) is 0 Å². The molecule has 1 aliphatic heterocycles. The van der Waals surface area contributed by atoms with Crippen LogP contribution in [0.5, 0.6) is 5.75 Å². The minimum atomic E-state index is 0.0203. The van der Waals surface area contributed by atoms with Crippen LogP contribution in [0.4, 0.5) is 11.5 Å². The van der Waals surface area contributed by atoms with Gasteiger partial charge < -0.3 is 15.7 Å². The number of imidazole rings is 1. The van der Waals surface area contributed by atoms with Gasteiger partial charge in [-0.25, -0.2) is 15.0 Å². The lowest BCUT2D eigenvalue weighted by atomic mass is 10.1. The van der Waals surface area contributed by atoms with Crippen molar-refractivity contribution in [1.82, 2.24) is 24.4 Å². The summed E-state index contributed by atoms with van der Waals surface area (Å²) in [6.07, 6.45) is 4.24. The Morgan fingerprint density at radius 2 is 1.59 bits per heavy atom. The Hall–Kier alpha value is -5.54. The van der Waals surface area contributed by atoms with Crippen molar-refractivity contribution in [3.8, 4) is 34.0 Å². The highest BCUT2D eigenvalue weighted by molar-refractivity contribution is 5.85. The molecule has 0 saturated carbocycles. The van der Waals surface area contributed by atoms with Gasteiger partial charge in [0.25, 0.3) is 0 Å². The Morgan fingerprint density at radius 1 is 0.818 bits per heavy atom. The van der Waals surface area contributed by atoms with Crippen LogP contribution in [0, 0.1) is 0 Å². The number of pyridine rings is 2. The Kier molecular flexibility index (Phi) is 7.21. The molecule has 9 nitrogen and oxygen atoms in total. The lowest BCUT2D eigenvalue weighted by molar-refractivity contribution is 0.112. The molecular formula is C35H31N7O2. The molecule has 7 rings (SSSR count). The number of hydrogen-bond donors (Lipinski definition) is 2. The average molecular weight is 582 g/mol. The van der Waals surface area contributed by atoms with Crippen LogP contribution < -0.4 is 10.6 Å². The fourth-order valence-electron chi connectivity index (χ4n) is 5.79. The zero-order valence-corrected chi connectivity index (χ0v) is 24.0. The van der Waals surface area contributed by atoms with Gasteiger partial charge in [-0.1, -0.05) is 42.5 Å². The number of nitrogens with two attached hydrogens (primary N) is 1. The maximum Gasteiger partial charge on any atom is 0.164 e. The highest BCUT2D eigenvalue weighted by Gasteiger charge is 2.20. The van der Waals surface area contributed by atoms with Crippen molar-refractivity contribution >= 4 is 29.0 Å². The number of anilines is 2. The molecule has 9 heteroatoms. The van der Waals surface area contributed by atoms with Crippen LogP contribution in [0.1, 0.15) is 15.9 Å². The van der Waals surface area contributed by atoms with E-state index in [-0.39, 0.29) is 5.75 Å². The van der Waals surface area contributed by atoms with Gasteiger partial charge >= 0.3 is 0 Å². The number of phenols is 1. The number of phenolic OH excluding ortho intramolecular Hbond substituents is 1. The number of piperazine rings is 1. The van der Waals surface area contributed by atoms with Crippen LogP contribution >= 0.6 is 0 Å². The van der Waals surface area contributed by atoms with Crippen molar-refractivity contribution < 1.29 is 9.90 Å². The van der Waals surface area contributed by atoms with E-state index in [4.69, 9.17) is 15.7 Å². The summed E-state index contributed by atoms with van der Waals surface area (Å²) in [5, 5.41) is 10.1. The molecule has 1 saturated heterocycles. The quantitative estimate of drug-likeness (QED) is 0.235. The van der Waals surface area contributed by atoms with E-state index in [0.29, 0.717) is 23.5 Å². The molecule has 0 radical (unpaired) electrons. The summed E-state index contributed by atoms with van der Waals surface area (Å²) in [7, 11) is 0. The van der Waals surface area contributed by atoms with Crippen LogP contribution in [0.3, 0.4) is 0 Å². The molecule has 218 valence electrons. The second kappa shape index (κ2) is 11.6. The lowest BCUT2D eigenvalue weighted by Gasteiger charge is -2.36. The second-order valence-electron chi connectivity index (χ2n) is 10.9. The van der Waals surface area contributed by atoms with Gasteiger partial charge in [-0.2, -0.15) is 0 Å². The second-order valence-corrected chi connectivity index (χ2v) is 10.9. The number of rotatable bonds is 7. The molecule has 3 N–H and O–H groups in total. The molecule has 1 aliphatic rings. The Bertz CT molecular complexity index is 1950. The monoisotopic (exact) mass is 581 g/mol. The van der Waals surface area contributed by atoms with Gasteiger partial charge in [0.05, 0.1) is 11.1 Å². The summed E-state index contributed by atoms with van der Waals surface area (Å²) >= 11 is 0. The summed E-state index contributed by atoms with van der Waals surface area (Å²) in [4.78, 5) is 29.9. The first-order chi connectivity index (χ1) is 21.6. The van der Waals surface area contributed by atoms with Crippen LogP contribution in [-0.4, -0.2) is 62.0 Å². The summed E-state index contributed by atoms with van der Waals surface area (Å²) < 4.78 is 2.05. The molecule has 0 aliphatic carbocycles. The number of carbonyl (C=O) groups excluding carboxylic acids is 1. The van der Waals surface area contributed by atoms with Gasteiger partial charge in [-0.05, 0) is 53.6 Å². The number of aromatic nitrogens is 4. The topological polar surface area (TPSA) is 113 Å². The molecule has 3 aromatic heterocycles. The summed E-state index contributed by atoms with van der Waals surface area (Å²) in [5.41, 5.74) is 14.1. The third kappa shape index (κ3) is 5.25. The van der Waals surface area contributed by atoms with E-state index in [9.17, 15) is 9.90 Å².